The van der Waals surface area contributed by atoms with Gasteiger partial charge in [0.25, 0.3) is 0 Å². The highest BCUT2D eigenvalue weighted by molar-refractivity contribution is 5.97. The number of nitrogens with two attached hydrogens (primary N) is 1. The van der Waals surface area contributed by atoms with E-state index >= 15 is 0 Å². The zero-order valence-electron chi connectivity index (χ0n) is 10.8. The molecule has 0 unspecified atom stereocenters. The van der Waals surface area contributed by atoms with Gasteiger partial charge >= 0.3 is 0 Å². The molecule has 1 fully saturated rings. The van der Waals surface area contributed by atoms with Crippen LogP contribution in [0.15, 0.2) is 30.5 Å². The van der Waals surface area contributed by atoms with Crippen LogP contribution in [0.4, 0.5) is 11.4 Å². The van der Waals surface area contributed by atoms with E-state index in [9.17, 15) is 0 Å². The maximum absolute atomic E-state index is 6.33. The molecular weight excluding hydrogens is 222 g/mol. The van der Waals surface area contributed by atoms with Crippen molar-refractivity contribution in [3.05, 3.63) is 30.5 Å². The predicted octanol–water partition coefficient (Wildman–Crippen LogP) is 3.20. The Bertz CT molecular complexity index is 561. The van der Waals surface area contributed by atoms with Crippen molar-refractivity contribution in [2.24, 2.45) is 0 Å². The molecule has 2 N–H and O–H groups in total. The number of aromatic nitrogens is 1. The molecule has 3 nitrogen and oxygen atoms in total. The van der Waals surface area contributed by atoms with Gasteiger partial charge < -0.3 is 10.6 Å². The van der Waals surface area contributed by atoms with Crippen LogP contribution < -0.4 is 10.6 Å². The number of benzene rings is 1. The molecule has 1 aromatic carbocycles. The Hall–Kier alpha value is -1.77. The first kappa shape index (κ1) is 11.3. The van der Waals surface area contributed by atoms with Crippen LogP contribution >= 0.6 is 0 Å². The fourth-order valence-corrected chi connectivity index (χ4v) is 2.54. The van der Waals surface area contributed by atoms with Crippen LogP contribution in [0, 0.1) is 0 Å². The van der Waals surface area contributed by atoms with Gasteiger partial charge in [-0.25, -0.2) is 0 Å². The fourth-order valence-electron chi connectivity index (χ4n) is 2.54. The monoisotopic (exact) mass is 241 g/mol. The number of anilines is 2. The standard InChI is InChI=1S/C15H19N3/c1-2-10-18(11-5-6-11)14-8-7-13-12(15(14)16)4-3-9-17-13/h3-4,7-9,11H,2,5-6,10,16H2,1H3. The molecule has 1 heterocycles. The summed E-state index contributed by atoms with van der Waals surface area (Å²) in [5.41, 5.74) is 9.37. The maximum atomic E-state index is 6.33. The van der Waals surface area contributed by atoms with Crippen LogP contribution in [0.25, 0.3) is 10.9 Å². The number of fused-ring (bicyclic) bond motifs is 1. The third-order valence-corrected chi connectivity index (χ3v) is 3.57. The lowest BCUT2D eigenvalue weighted by Gasteiger charge is -2.26. The topological polar surface area (TPSA) is 42.2 Å². The lowest BCUT2D eigenvalue weighted by atomic mass is 10.1. The smallest absolute Gasteiger partial charge is 0.0724 e. The number of nitrogen functional groups attached to an aromatic ring is 1. The molecule has 1 aromatic heterocycles. The summed E-state index contributed by atoms with van der Waals surface area (Å²) in [4.78, 5) is 6.81. The molecule has 1 saturated carbocycles. The van der Waals surface area contributed by atoms with E-state index in [1.165, 1.54) is 18.5 Å². The lowest BCUT2D eigenvalue weighted by Crippen LogP contribution is -2.27. The van der Waals surface area contributed by atoms with Crippen molar-refractivity contribution < 1.29 is 0 Å². The SMILES string of the molecule is CCCN(c1ccc2ncccc2c1N)C1CC1. The van der Waals surface area contributed by atoms with E-state index in [-0.39, 0.29) is 0 Å². The lowest BCUT2D eigenvalue weighted by molar-refractivity contribution is 0.764. The van der Waals surface area contributed by atoms with Crippen LogP contribution in [0.5, 0.6) is 0 Å². The zero-order valence-corrected chi connectivity index (χ0v) is 10.8. The van der Waals surface area contributed by atoms with E-state index < -0.39 is 0 Å². The average Bonchev–Trinajstić information content (AvgIpc) is 3.22. The molecule has 0 spiro atoms. The number of hydrogen-bond acceptors (Lipinski definition) is 3. The summed E-state index contributed by atoms with van der Waals surface area (Å²) in [5.74, 6) is 0. The summed E-state index contributed by atoms with van der Waals surface area (Å²) >= 11 is 0. The fraction of sp³-hybridized carbons (Fsp3) is 0.400. The molecule has 3 heteroatoms. The Labute approximate surface area is 108 Å². The van der Waals surface area contributed by atoms with Gasteiger partial charge in [-0.15, -0.1) is 0 Å². The Morgan fingerprint density at radius 2 is 2.17 bits per heavy atom. The molecule has 0 saturated heterocycles. The second-order valence-electron chi connectivity index (χ2n) is 4.99. The van der Waals surface area contributed by atoms with E-state index in [0.29, 0.717) is 6.04 Å². The van der Waals surface area contributed by atoms with Gasteiger partial charge in [0.1, 0.15) is 0 Å². The van der Waals surface area contributed by atoms with Crippen molar-refractivity contribution in [2.75, 3.05) is 17.2 Å². The third-order valence-electron chi connectivity index (χ3n) is 3.57. The largest absolute Gasteiger partial charge is 0.396 e. The second-order valence-corrected chi connectivity index (χ2v) is 4.99. The van der Waals surface area contributed by atoms with Crippen LogP contribution in [0.3, 0.4) is 0 Å². The molecule has 18 heavy (non-hydrogen) atoms. The van der Waals surface area contributed by atoms with Gasteiger partial charge in [-0.2, -0.15) is 0 Å². The van der Waals surface area contributed by atoms with Gasteiger partial charge in [0.05, 0.1) is 16.9 Å². The molecule has 94 valence electrons. The minimum atomic E-state index is 0.696. The highest BCUT2D eigenvalue weighted by Gasteiger charge is 2.29. The van der Waals surface area contributed by atoms with Gasteiger partial charge in [-0.3, -0.25) is 4.98 Å². The Morgan fingerprint density at radius 1 is 1.33 bits per heavy atom. The highest BCUT2D eigenvalue weighted by Crippen LogP contribution is 2.37. The summed E-state index contributed by atoms with van der Waals surface area (Å²) in [6.07, 6.45) is 5.56. The van der Waals surface area contributed by atoms with Gasteiger partial charge in [-0.1, -0.05) is 6.92 Å². The molecular formula is C15H19N3. The number of rotatable bonds is 4. The Balaban J connectivity index is 2.07. The van der Waals surface area contributed by atoms with Gasteiger partial charge in [-0.05, 0) is 43.5 Å². The van der Waals surface area contributed by atoms with E-state index in [4.69, 9.17) is 5.73 Å². The Kier molecular flexibility index (Phi) is 2.82. The van der Waals surface area contributed by atoms with Crippen molar-refractivity contribution in [2.45, 2.75) is 32.2 Å². The first-order valence-corrected chi connectivity index (χ1v) is 6.71. The minimum absolute atomic E-state index is 0.696. The number of hydrogen-bond donors (Lipinski definition) is 1. The molecule has 0 radical (unpaired) electrons. The van der Waals surface area contributed by atoms with Crippen molar-refractivity contribution in [3.8, 4) is 0 Å². The molecule has 1 aliphatic rings. The second kappa shape index (κ2) is 4.48. The molecule has 3 rings (SSSR count). The van der Waals surface area contributed by atoms with Crippen molar-refractivity contribution in [1.82, 2.24) is 4.98 Å². The molecule has 1 aliphatic carbocycles. The van der Waals surface area contributed by atoms with Gasteiger partial charge in [0.2, 0.25) is 0 Å². The van der Waals surface area contributed by atoms with Crippen LogP contribution in [-0.2, 0) is 0 Å². The summed E-state index contributed by atoms with van der Waals surface area (Å²) in [6, 6.07) is 8.90. The number of pyridine rings is 1. The van der Waals surface area contributed by atoms with E-state index in [1.807, 2.05) is 12.3 Å². The van der Waals surface area contributed by atoms with E-state index in [2.05, 4.69) is 35.0 Å². The molecule has 0 aliphatic heterocycles. The van der Waals surface area contributed by atoms with Crippen molar-refractivity contribution >= 4 is 22.3 Å². The third kappa shape index (κ3) is 1.90. The van der Waals surface area contributed by atoms with Crippen molar-refractivity contribution in [1.29, 1.82) is 0 Å². The summed E-state index contributed by atoms with van der Waals surface area (Å²) in [7, 11) is 0. The van der Waals surface area contributed by atoms with Gasteiger partial charge in [0, 0.05) is 24.2 Å². The first-order chi connectivity index (χ1) is 8.81. The van der Waals surface area contributed by atoms with E-state index in [1.54, 1.807) is 0 Å². The van der Waals surface area contributed by atoms with E-state index in [0.717, 1.165) is 29.6 Å². The minimum Gasteiger partial charge on any atom is -0.396 e. The molecule has 0 bridgehead atoms. The first-order valence-electron chi connectivity index (χ1n) is 6.71. The van der Waals surface area contributed by atoms with Crippen molar-refractivity contribution in [3.63, 3.8) is 0 Å². The molecule has 0 atom stereocenters. The zero-order chi connectivity index (χ0) is 12.5. The normalized spacial score (nSPS) is 14.9. The summed E-state index contributed by atoms with van der Waals surface area (Å²) in [6.45, 7) is 3.30. The summed E-state index contributed by atoms with van der Waals surface area (Å²) in [5, 5.41) is 1.07. The molecule has 2 aromatic rings. The van der Waals surface area contributed by atoms with Gasteiger partial charge in [0.15, 0.2) is 0 Å². The maximum Gasteiger partial charge on any atom is 0.0724 e. The number of nitrogens with zero attached hydrogens (tertiary/aromatic N) is 2. The van der Waals surface area contributed by atoms with Crippen LogP contribution in [-0.4, -0.2) is 17.6 Å². The highest BCUT2D eigenvalue weighted by atomic mass is 15.2. The molecule has 0 amide bonds. The van der Waals surface area contributed by atoms with Crippen LogP contribution in [0.1, 0.15) is 26.2 Å². The quantitative estimate of drug-likeness (QED) is 0.836. The van der Waals surface area contributed by atoms with Crippen LogP contribution in [0.2, 0.25) is 0 Å². The average molecular weight is 241 g/mol. The predicted molar refractivity (Wildman–Crippen MR) is 76.8 cm³/mol. The Morgan fingerprint density at radius 3 is 2.89 bits per heavy atom. The summed E-state index contributed by atoms with van der Waals surface area (Å²) < 4.78 is 0.